The van der Waals surface area contributed by atoms with E-state index in [0.29, 0.717) is 27.7 Å². The lowest BCUT2D eigenvalue weighted by Gasteiger charge is -2.27. The number of hydrogen-bond acceptors (Lipinski definition) is 4. The van der Waals surface area contributed by atoms with Gasteiger partial charge in [0.1, 0.15) is 11.4 Å². The SMILES string of the molecule is Cc1ccc(S(=O)(=O)N(C)/C(=C2\N=C(c3ccc(Cl)cc3)c3ccccc3O2)c2ccccc2)cc1. The van der Waals surface area contributed by atoms with Gasteiger partial charge in [0, 0.05) is 28.8 Å². The number of aliphatic imine (C=N–C) groups is 1. The van der Waals surface area contributed by atoms with Crippen molar-refractivity contribution in [1.82, 2.24) is 4.31 Å². The Morgan fingerprint density at radius 3 is 2.17 bits per heavy atom. The van der Waals surface area contributed by atoms with Gasteiger partial charge in [-0.1, -0.05) is 83.9 Å². The van der Waals surface area contributed by atoms with Gasteiger partial charge < -0.3 is 4.74 Å². The highest BCUT2D eigenvalue weighted by atomic mass is 35.5. The Bertz CT molecular complexity index is 1580. The minimum absolute atomic E-state index is 0.183. The van der Waals surface area contributed by atoms with E-state index in [0.717, 1.165) is 16.7 Å². The highest BCUT2D eigenvalue weighted by Gasteiger charge is 2.30. The standard InChI is InChI=1S/C29H23ClN2O3S/c1-20-12-18-24(19-13-20)36(33,34)32(2)28(22-8-4-3-5-9-22)29-31-27(21-14-16-23(30)17-15-21)25-10-6-7-11-26(25)35-29/h3-19H,1-2H3/b29-28+. The largest absolute Gasteiger partial charge is 0.436 e. The van der Waals surface area contributed by atoms with Crippen LogP contribution in [0.5, 0.6) is 5.75 Å². The molecule has 7 heteroatoms. The quantitative estimate of drug-likeness (QED) is 0.304. The average Bonchev–Trinajstić information content (AvgIpc) is 2.90. The summed E-state index contributed by atoms with van der Waals surface area (Å²) in [7, 11) is -2.39. The highest BCUT2D eigenvalue weighted by Crippen LogP contribution is 2.35. The van der Waals surface area contributed by atoms with Crippen molar-refractivity contribution >= 4 is 33.0 Å². The number of fused-ring (bicyclic) bond motifs is 1. The van der Waals surface area contributed by atoms with Gasteiger partial charge in [-0.3, -0.25) is 4.31 Å². The first-order valence-electron chi connectivity index (χ1n) is 11.3. The first-order valence-corrected chi connectivity index (χ1v) is 13.1. The Morgan fingerprint density at radius 2 is 1.47 bits per heavy atom. The first-order chi connectivity index (χ1) is 17.3. The molecule has 0 saturated carbocycles. The van der Waals surface area contributed by atoms with Crippen LogP contribution in [0.25, 0.3) is 5.70 Å². The number of ether oxygens (including phenoxy) is 1. The van der Waals surface area contributed by atoms with Gasteiger partial charge in [0.25, 0.3) is 10.0 Å². The zero-order valence-electron chi connectivity index (χ0n) is 19.7. The van der Waals surface area contributed by atoms with Crippen LogP contribution in [0.2, 0.25) is 5.02 Å². The summed E-state index contributed by atoms with van der Waals surface area (Å²) < 4.78 is 34.9. The number of benzene rings is 4. The number of nitrogens with zero attached hydrogens (tertiary/aromatic N) is 2. The van der Waals surface area contributed by atoms with E-state index in [9.17, 15) is 8.42 Å². The number of aryl methyl sites for hydroxylation is 1. The van der Waals surface area contributed by atoms with Crippen molar-refractivity contribution in [3.05, 3.63) is 136 Å². The summed E-state index contributed by atoms with van der Waals surface area (Å²) in [6.45, 7) is 1.91. The number of hydrogen-bond donors (Lipinski definition) is 0. The van der Waals surface area contributed by atoms with Gasteiger partial charge in [0.15, 0.2) is 0 Å². The number of halogens is 1. The second-order valence-corrected chi connectivity index (χ2v) is 10.8. The molecule has 0 N–H and O–H groups in total. The number of rotatable bonds is 5. The molecule has 0 bridgehead atoms. The van der Waals surface area contributed by atoms with Gasteiger partial charge >= 0.3 is 0 Å². The van der Waals surface area contributed by atoms with Crippen LogP contribution in [0.1, 0.15) is 22.3 Å². The molecule has 4 aromatic rings. The Morgan fingerprint density at radius 1 is 0.833 bits per heavy atom. The predicted molar refractivity (Wildman–Crippen MR) is 144 cm³/mol. The van der Waals surface area contributed by atoms with Gasteiger partial charge in [-0.15, -0.1) is 0 Å². The molecule has 0 radical (unpaired) electrons. The van der Waals surface area contributed by atoms with Crippen molar-refractivity contribution < 1.29 is 13.2 Å². The first kappa shape index (κ1) is 23.9. The van der Waals surface area contributed by atoms with Crippen molar-refractivity contribution in [3.8, 4) is 5.75 Å². The van der Waals surface area contributed by atoms with E-state index in [1.807, 2.05) is 73.7 Å². The summed E-state index contributed by atoms with van der Waals surface area (Å²) in [6.07, 6.45) is 0. The van der Waals surface area contributed by atoms with Crippen molar-refractivity contribution in [3.63, 3.8) is 0 Å². The maximum Gasteiger partial charge on any atom is 0.264 e. The average molecular weight is 515 g/mol. The van der Waals surface area contributed by atoms with Crippen LogP contribution in [-0.4, -0.2) is 25.5 Å². The molecule has 5 nitrogen and oxygen atoms in total. The van der Waals surface area contributed by atoms with Crippen molar-refractivity contribution in [2.45, 2.75) is 11.8 Å². The lowest BCUT2D eigenvalue weighted by atomic mass is 10.0. The van der Waals surface area contributed by atoms with Crippen LogP contribution in [0, 0.1) is 6.92 Å². The monoisotopic (exact) mass is 514 g/mol. The summed E-state index contributed by atoms with van der Waals surface area (Å²) in [4.78, 5) is 5.05. The topological polar surface area (TPSA) is 59.0 Å². The molecule has 0 aliphatic carbocycles. The van der Waals surface area contributed by atoms with E-state index in [1.54, 1.807) is 36.4 Å². The molecule has 1 aliphatic heterocycles. The van der Waals surface area contributed by atoms with Crippen LogP contribution >= 0.6 is 11.6 Å². The Labute approximate surface area is 216 Å². The molecule has 0 fully saturated rings. The van der Waals surface area contributed by atoms with E-state index < -0.39 is 10.0 Å². The Hall–Kier alpha value is -3.87. The van der Waals surface area contributed by atoms with Crippen LogP contribution in [0.3, 0.4) is 0 Å². The third-order valence-electron chi connectivity index (χ3n) is 5.92. The summed E-state index contributed by atoms with van der Waals surface area (Å²) in [6, 6.07) is 30.9. The van der Waals surface area contributed by atoms with E-state index in [2.05, 4.69) is 0 Å². The highest BCUT2D eigenvalue weighted by molar-refractivity contribution is 7.89. The molecule has 0 aromatic heterocycles. The molecular weight excluding hydrogens is 492 g/mol. The van der Waals surface area contributed by atoms with Gasteiger partial charge in [0.05, 0.1) is 10.6 Å². The van der Waals surface area contributed by atoms with Crippen LogP contribution < -0.4 is 4.74 Å². The van der Waals surface area contributed by atoms with E-state index in [-0.39, 0.29) is 10.8 Å². The lowest BCUT2D eigenvalue weighted by Crippen LogP contribution is -2.28. The minimum Gasteiger partial charge on any atom is -0.436 e. The molecule has 5 rings (SSSR count). The summed E-state index contributed by atoms with van der Waals surface area (Å²) in [5.74, 6) is 0.769. The van der Waals surface area contributed by atoms with Crippen molar-refractivity contribution in [2.24, 2.45) is 4.99 Å². The van der Waals surface area contributed by atoms with Gasteiger partial charge in [-0.05, 0) is 43.3 Å². The van der Waals surface area contributed by atoms with Crippen molar-refractivity contribution in [2.75, 3.05) is 7.05 Å². The lowest BCUT2D eigenvalue weighted by molar-refractivity contribution is 0.408. The zero-order chi connectivity index (χ0) is 25.3. The summed E-state index contributed by atoms with van der Waals surface area (Å²) in [5, 5.41) is 0.615. The molecule has 0 saturated heterocycles. The Kier molecular flexibility index (Phi) is 6.39. The maximum atomic E-state index is 13.7. The smallest absolute Gasteiger partial charge is 0.264 e. The number of para-hydroxylation sites is 1. The van der Waals surface area contributed by atoms with Crippen LogP contribution in [0.15, 0.2) is 119 Å². The van der Waals surface area contributed by atoms with E-state index in [4.69, 9.17) is 21.3 Å². The second kappa shape index (κ2) is 9.64. The third-order valence-corrected chi connectivity index (χ3v) is 7.95. The molecule has 4 aromatic carbocycles. The molecule has 180 valence electrons. The van der Waals surface area contributed by atoms with Gasteiger partial charge in [-0.25, -0.2) is 13.4 Å². The molecule has 0 amide bonds. The fourth-order valence-electron chi connectivity index (χ4n) is 3.99. The Balaban J connectivity index is 1.74. The van der Waals surface area contributed by atoms with Crippen LogP contribution in [-0.2, 0) is 10.0 Å². The van der Waals surface area contributed by atoms with Gasteiger partial charge in [0.2, 0.25) is 5.88 Å². The molecule has 1 aliphatic rings. The summed E-state index contributed by atoms with van der Waals surface area (Å²) in [5.41, 5.74) is 4.27. The number of sulfonamides is 1. The maximum absolute atomic E-state index is 13.7. The predicted octanol–water partition coefficient (Wildman–Crippen LogP) is 6.53. The molecule has 36 heavy (non-hydrogen) atoms. The normalized spacial score (nSPS) is 14.4. The van der Waals surface area contributed by atoms with Crippen molar-refractivity contribution in [1.29, 1.82) is 0 Å². The van der Waals surface area contributed by atoms with Gasteiger partial charge in [-0.2, -0.15) is 0 Å². The van der Waals surface area contributed by atoms with E-state index in [1.165, 1.54) is 11.4 Å². The third kappa shape index (κ3) is 4.53. The zero-order valence-corrected chi connectivity index (χ0v) is 21.3. The fraction of sp³-hybridized carbons (Fsp3) is 0.0690. The second-order valence-electron chi connectivity index (χ2n) is 8.37. The molecular formula is C29H23ClN2O3S. The molecule has 0 atom stereocenters. The fourth-order valence-corrected chi connectivity index (χ4v) is 5.34. The molecule has 0 unspecified atom stereocenters. The van der Waals surface area contributed by atoms with E-state index >= 15 is 0 Å². The van der Waals surface area contributed by atoms with Crippen LogP contribution in [0.4, 0.5) is 0 Å². The summed E-state index contributed by atoms with van der Waals surface area (Å²) >= 11 is 6.12. The molecule has 1 heterocycles. The minimum atomic E-state index is -3.91. The molecule has 0 spiro atoms.